The summed E-state index contributed by atoms with van der Waals surface area (Å²) in [7, 11) is 0. The van der Waals surface area contributed by atoms with Crippen LogP contribution in [0.2, 0.25) is 0 Å². The molecular weight excluding hydrogens is 364 g/mol. The Kier molecular flexibility index (Phi) is 16.7. The number of hydrogen-bond acceptors (Lipinski definition) is 4. The molecule has 0 amide bonds. The highest BCUT2D eigenvalue weighted by atomic mass is 16.5. The van der Waals surface area contributed by atoms with Crippen LogP contribution in [0.5, 0.6) is 0 Å². The quantitative estimate of drug-likeness (QED) is 0.147. The normalized spacial score (nSPS) is 12.3. The molecule has 0 rings (SSSR count). The van der Waals surface area contributed by atoms with Crippen LogP contribution in [0.3, 0.4) is 0 Å². The average molecular weight is 411 g/mol. The Bertz CT molecular complexity index is 477. The van der Waals surface area contributed by atoms with Crippen LogP contribution in [-0.2, 0) is 19.1 Å². The summed E-state index contributed by atoms with van der Waals surface area (Å²) in [6.07, 6.45) is 11.5. The van der Waals surface area contributed by atoms with Crippen molar-refractivity contribution in [1.29, 1.82) is 0 Å². The van der Waals surface area contributed by atoms with Crippen LogP contribution >= 0.6 is 0 Å². The van der Waals surface area contributed by atoms with Crippen molar-refractivity contribution >= 4 is 11.9 Å². The van der Waals surface area contributed by atoms with Gasteiger partial charge in [-0.2, -0.15) is 0 Å². The molecule has 0 radical (unpaired) electrons. The summed E-state index contributed by atoms with van der Waals surface area (Å²) in [5.41, 5.74) is 1.05. The Morgan fingerprint density at radius 2 is 1.00 bits per heavy atom. The monoisotopic (exact) mass is 410 g/mol. The Labute approximate surface area is 179 Å². The van der Waals surface area contributed by atoms with Crippen LogP contribution in [0.25, 0.3) is 0 Å². The zero-order chi connectivity index (χ0) is 22.1. The third-order valence-corrected chi connectivity index (χ3v) is 4.73. The van der Waals surface area contributed by atoms with Crippen molar-refractivity contribution in [2.45, 2.75) is 112 Å². The SMILES string of the molecule is CCCCCCCCCCC(C(=O)OCC(C)C)=C(CCC)C(=O)OCC(C)C. The number of esters is 2. The molecule has 0 N–H and O–H groups in total. The number of hydrogen-bond donors (Lipinski definition) is 0. The van der Waals surface area contributed by atoms with Crippen molar-refractivity contribution in [3.8, 4) is 0 Å². The van der Waals surface area contributed by atoms with Gasteiger partial charge in [0, 0.05) is 11.1 Å². The van der Waals surface area contributed by atoms with Crippen molar-refractivity contribution in [2.75, 3.05) is 13.2 Å². The van der Waals surface area contributed by atoms with E-state index in [0.29, 0.717) is 37.2 Å². The van der Waals surface area contributed by atoms with Gasteiger partial charge in [0.1, 0.15) is 0 Å². The van der Waals surface area contributed by atoms with Gasteiger partial charge in [0.2, 0.25) is 0 Å². The van der Waals surface area contributed by atoms with E-state index in [4.69, 9.17) is 9.47 Å². The Hall–Kier alpha value is -1.32. The highest BCUT2D eigenvalue weighted by Gasteiger charge is 2.23. The highest BCUT2D eigenvalue weighted by molar-refractivity contribution is 6.00. The second-order valence-electron chi connectivity index (χ2n) is 8.92. The Morgan fingerprint density at radius 1 is 0.586 bits per heavy atom. The first kappa shape index (κ1) is 27.7. The van der Waals surface area contributed by atoms with E-state index in [2.05, 4.69) is 6.92 Å². The topological polar surface area (TPSA) is 52.6 Å². The molecule has 170 valence electrons. The maximum Gasteiger partial charge on any atom is 0.334 e. The van der Waals surface area contributed by atoms with E-state index in [1.54, 1.807) is 0 Å². The predicted octanol–water partition coefficient (Wildman–Crippen LogP) is 7.01. The molecule has 4 nitrogen and oxygen atoms in total. The minimum absolute atomic E-state index is 0.269. The number of rotatable bonds is 17. The smallest absolute Gasteiger partial charge is 0.334 e. The van der Waals surface area contributed by atoms with Crippen LogP contribution in [0.15, 0.2) is 11.1 Å². The third kappa shape index (κ3) is 14.3. The number of unbranched alkanes of at least 4 members (excludes halogenated alkanes) is 7. The molecular formula is C25H46O4. The van der Waals surface area contributed by atoms with Gasteiger partial charge >= 0.3 is 11.9 Å². The van der Waals surface area contributed by atoms with Crippen LogP contribution in [0.4, 0.5) is 0 Å². The summed E-state index contributed by atoms with van der Waals surface area (Å²) < 4.78 is 10.9. The number of ether oxygens (including phenoxy) is 2. The van der Waals surface area contributed by atoms with Crippen molar-refractivity contribution in [3.05, 3.63) is 11.1 Å². The van der Waals surface area contributed by atoms with E-state index >= 15 is 0 Å². The van der Waals surface area contributed by atoms with E-state index in [1.165, 1.54) is 38.5 Å². The van der Waals surface area contributed by atoms with E-state index in [9.17, 15) is 9.59 Å². The van der Waals surface area contributed by atoms with E-state index in [-0.39, 0.29) is 23.8 Å². The van der Waals surface area contributed by atoms with Crippen molar-refractivity contribution in [1.82, 2.24) is 0 Å². The van der Waals surface area contributed by atoms with E-state index in [0.717, 1.165) is 19.3 Å². The van der Waals surface area contributed by atoms with Gasteiger partial charge in [0.25, 0.3) is 0 Å². The minimum atomic E-state index is -0.350. The second-order valence-corrected chi connectivity index (χ2v) is 8.92. The van der Waals surface area contributed by atoms with E-state index in [1.807, 2.05) is 34.6 Å². The molecule has 29 heavy (non-hydrogen) atoms. The van der Waals surface area contributed by atoms with Gasteiger partial charge in [-0.3, -0.25) is 0 Å². The summed E-state index contributed by atoms with van der Waals surface area (Å²) in [6.45, 7) is 13.0. The molecule has 0 aliphatic carbocycles. The van der Waals surface area contributed by atoms with Crippen LogP contribution < -0.4 is 0 Å². The van der Waals surface area contributed by atoms with Gasteiger partial charge in [0.15, 0.2) is 0 Å². The maximum absolute atomic E-state index is 12.8. The summed E-state index contributed by atoms with van der Waals surface area (Å²) in [5, 5.41) is 0. The van der Waals surface area contributed by atoms with Crippen molar-refractivity contribution in [3.63, 3.8) is 0 Å². The molecule has 0 aromatic carbocycles. The zero-order valence-electron chi connectivity index (χ0n) is 20.0. The fourth-order valence-electron chi connectivity index (χ4n) is 3.10. The van der Waals surface area contributed by atoms with Gasteiger partial charge in [-0.15, -0.1) is 0 Å². The Balaban J connectivity index is 5.03. The molecule has 0 aromatic rings. The fraction of sp³-hybridized carbons (Fsp3) is 0.840. The molecule has 0 atom stereocenters. The predicted molar refractivity (Wildman–Crippen MR) is 121 cm³/mol. The highest BCUT2D eigenvalue weighted by Crippen LogP contribution is 2.22. The average Bonchev–Trinajstić information content (AvgIpc) is 2.67. The minimum Gasteiger partial charge on any atom is -0.462 e. The number of carbonyl (C=O) groups excluding carboxylic acids is 2. The summed E-state index contributed by atoms with van der Waals surface area (Å²) in [5.74, 6) is -0.153. The lowest BCUT2D eigenvalue weighted by Crippen LogP contribution is -2.19. The lowest BCUT2D eigenvalue weighted by atomic mass is 9.97. The van der Waals surface area contributed by atoms with Crippen LogP contribution in [0, 0.1) is 11.8 Å². The lowest BCUT2D eigenvalue weighted by molar-refractivity contribution is -0.143. The first-order valence-electron chi connectivity index (χ1n) is 11.9. The molecule has 0 fully saturated rings. The van der Waals surface area contributed by atoms with Crippen molar-refractivity contribution in [2.24, 2.45) is 11.8 Å². The Morgan fingerprint density at radius 3 is 1.41 bits per heavy atom. The standard InChI is InChI=1S/C25H46O4/c1-7-9-10-11-12-13-14-15-17-23(25(27)29-19-21(5)6)22(16-8-2)24(26)28-18-20(3)4/h20-21H,7-19H2,1-6H3. The molecule has 0 aromatic heterocycles. The summed E-state index contributed by atoms with van der Waals surface area (Å²) >= 11 is 0. The molecule has 0 saturated carbocycles. The molecule has 0 spiro atoms. The molecule has 0 bridgehead atoms. The fourth-order valence-corrected chi connectivity index (χ4v) is 3.10. The van der Waals surface area contributed by atoms with Gasteiger partial charge in [-0.1, -0.05) is 92.9 Å². The van der Waals surface area contributed by atoms with Crippen LogP contribution in [-0.4, -0.2) is 25.2 Å². The first-order chi connectivity index (χ1) is 13.8. The molecule has 0 aliphatic rings. The zero-order valence-corrected chi connectivity index (χ0v) is 20.0. The van der Waals surface area contributed by atoms with Gasteiger partial charge in [0.05, 0.1) is 13.2 Å². The molecule has 0 aliphatic heterocycles. The maximum atomic E-state index is 12.8. The van der Waals surface area contributed by atoms with Gasteiger partial charge < -0.3 is 9.47 Å². The van der Waals surface area contributed by atoms with Crippen molar-refractivity contribution < 1.29 is 19.1 Å². The van der Waals surface area contributed by atoms with Gasteiger partial charge in [-0.05, 0) is 31.1 Å². The molecule has 4 heteroatoms. The van der Waals surface area contributed by atoms with Gasteiger partial charge in [-0.25, -0.2) is 9.59 Å². The molecule has 0 saturated heterocycles. The number of carbonyl (C=O) groups is 2. The van der Waals surface area contributed by atoms with E-state index < -0.39 is 0 Å². The third-order valence-electron chi connectivity index (χ3n) is 4.73. The lowest BCUT2D eigenvalue weighted by Gasteiger charge is -2.16. The van der Waals surface area contributed by atoms with Crippen LogP contribution in [0.1, 0.15) is 112 Å². The molecule has 0 unspecified atom stereocenters. The second kappa shape index (κ2) is 17.5. The summed E-state index contributed by atoms with van der Waals surface area (Å²) in [4.78, 5) is 25.4. The largest absolute Gasteiger partial charge is 0.462 e. The summed E-state index contributed by atoms with van der Waals surface area (Å²) in [6, 6.07) is 0. The molecule has 0 heterocycles. The first-order valence-corrected chi connectivity index (χ1v) is 11.9.